The molecular formula is C20H22N4O3S. The average Bonchev–Trinajstić information content (AvgIpc) is 3.30. The van der Waals surface area contributed by atoms with Crippen LogP contribution in [0, 0.1) is 5.92 Å². The summed E-state index contributed by atoms with van der Waals surface area (Å²) < 4.78 is 5.18. The van der Waals surface area contributed by atoms with Gasteiger partial charge in [-0.2, -0.15) is 9.90 Å². The number of thiophene rings is 1. The molecule has 0 saturated heterocycles. The Hall–Kier alpha value is -3.00. The highest BCUT2D eigenvalue weighted by Gasteiger charge is 2.23. The maximum Gasteiger partial charge on any atom is 0.341 e. The number of aromatic nitrogens is 3. The summed E-state index contributed by atoms with van der Waals surface area (Å²) in [5, 5.41) is 13.5. The first-order valence-electron chi connectivity index (χ1n) is 9.06. The number of ether oxygens (including phenoxy) is 1. The molecule has 0 fully saturated rings. The third kappa shape index (κ3) is 4.45. The Morgan fingerprint density at radius 2 is 2.00 bits per heavy atom. The minimum atomic E-state index is -0.428. The van der Waals surface area contributed by atoms with Crippen molar-refractivity contribution in [3.63, 3.8) is 0 Å². The number of hydrogen-bond donors (Lipinski definition) is 1. The van der Waals surface area contributed by atoms with Crippen LogP contribution >= 0.6 is 11.3 Å². The third-order valence-corrected chi connectivity index (χ3v) is 4.86. The van der Waals surface area contributed by atoms with Gasteiger partial charge in [0.2, 0.25) is 0 Å². The van der Waals surface area contributed by atoms with Crippen LogP contribution in [0.25, 0.3) is 5.69 Å². The largest absolute Gasteiger partial charge is 0.462 e. The molecule has 0 bridgehead atoms. The summed E-state index contributed by atoms with van der Waals surface area (Å²) in [6, 6.07) is 9.32. The zero-order valence-corrected chi connectivity index (χ0v) is 16.8. The third-order valence-electron chi connectivity index (χ3n) is 3.91. The van der Waals surface area contributed by atoms with Gasteiger partial charge in [0.15, 0.2) is 5.69 Å². The molecule has 146 valence electrons. The number of nitrogens with one attached hydrogen (secondary N) is 1. The van der Waals surface area contributed by atoms with E-state index in [1.54, 1.807) is 6.92 Å². The van der Waals surface area contributed by atoms with Gasteiger partial charge in [-0.15, -0.1) is 16.4 Å². The maximum absolute atomic E-state index is 12.7. The number of rotatable bonds is 7. The molecule has 2 aromatic heterocycles. The van der Waals surface area contributed by atoms with E-state index >= 15 is 0 Å². The van der Waals surface area contributed by atoms with Gasteiger partial charge in [-0.1, -0.05) is 32.0 Å². The first kappa shape index (κ1) is 19.8. The topological polar surface area (TPSA) is 86.1 Å². The van der Waals surface area contributed by atoms with Gasteiger partial charge in [0, 0.05) is 0 Å². The molecule has 0 atom stereocenters. The van der Waals surface area contributed by atoms with Crippen molar-refractivity contribution in [1.29, 1.82) is 0 Å². The van der Waals surface area contributed by atoms with E-state index in [1.165, 1.54) is 22.3 Å². The summed E-state index contributed by atoms with van der Waals surface area (Å²) in [5.74, 6) is -0.481. The van der Waals surface area contributed by atoms with E-state index in [0.29, 0.717) is 16.5 Å². The molecule has 7 nitrogen and oxygen atoms in total. The lowest BCUT2D eigenvalue weighted by Crippen LogP contribution is -2.16. The quantitative estimate of drug-likeness (QED) is 0.609. The molecule has 0 aliphatic carbocycles. The second-order valence-electron chi connectivity index (χ2n) is 6.59. The second kappa shape index (κ2) is 8.79. The Kier molecular flexibility index (Phi) is 6.20. The number of carbonyl (C=O) groups is 2. The lowest BCUT2D eigenvalue weighted by atomic mass is 10.0. The van der Waals surface area contributed by atoms with Crippen LogP contribution in [0.2, 0.25) is 0 Å². The number of hydrogen-bond acceptors (Lipinski definition) is 6. The number of para-hydroxylation sites is 1. The predicted octanol–water partition coefficient (Wildman–Crippen LogP) is 3.96. The summed E-state index contributed by atoms with van der Waals surface area (Å²) >= 11 is 1.31. The molecule has 1 N–H and O–H groups in total. The van der Waals surface area contributed by atoms with Gasteiger partial charge in [0.05, 0.1) is 24.1 Å². The van der Waals surface area contributed by atoms with Gasteiger partial charge in [-0.05, 0) is 42.3 Å². The van der Waals surface area contributed by atoms with Crippen molar-refractivity contribution >= 4 is 28.2 Å². The van der Waals surface area contributed by atoms with Crippen LogP contribution in [0.4, 0.5) is 5.00 Å². The van der Waals surface area contributed by atoms with Crippen LogP contribution in [-0.2, 0) is 11.2 Å². The number of benzene rings is 1. The van der Waals surface area contributed by atoms with Crippen LogP contribution in [0.1, 0.15) is 47.2 Å². The first-order chi connectivity index (χ1) is 13.5. The summed E-state index contributed by atoms with van der Waals surface area (Å²) in [5.41, 5.74) is 2.22. The van der Waals surface area contributed by atoms with Gasteiger partial charge >= 0.3 is 5.97 Å². The predicted molar refractivity (Wildman–Crippen MR) is 108 cm³/mol. The molecule has 3 aromatic rings. The number of anilines is 1. The van der Waals surface area contributed by atoms with E-state index in [0.717, 1.165) is 17.7 Å². The minimum Gasteiger partial charge on any atom is -0.462 e. The van der Waals surface area contributed by atoms with Crippen LogP contribution in [0.3, 0.4) is 0 Å². The van der Waals surface area contributed by atoms with Crippen molar-refractivity contribution in [1.82, 2.24) is 15.0 Å². The van der Waals surface area contributed by atoms with Crippen molar-refractivity contribution in [2.45, 2.75) is 27.2 Å². The highest BCUT2D eigenvalue weighted by atomic mass is 32.1. The monoisotopic (exact) mass is 398 g/mol. The van der Waals surface area contributed by atoms with Crippen molar-refractivity contribution in [2.24, 2.45) is 5.92 Å². The van der Waals surface area contributed by atoms with E-state index < -0.39 is 11.9 Å². The van der Waals surface area contributed by atoms with Crippen LogP contribution in [0.5, 0.6) is 0 Å². The van der Waals surface area contributed by atoms with Gasteiger partial charge in [0.25, 0.3) is 5.91 Å². The molecule has 0 aliphatic heterocycles. The fraction of sp³-hybridized carbons (Fsp3) is 0.300. The molecule has 0 unspecified atom stereocenters. The zero-order valence-electron chi connectivity index (χ0n) is 16.0. The lowest BCUT2D eigenvalue weighted by molar-refractivity contribution is 0.0527. The van der Waals surface area contributed by atoms with Gasteiger partial charge in [-0.25, -0.2) is 4.79 Å². The number of nitrogens with zero attached hydrogens (tertiary/aromatic N) is 3. The molecule has 0 saturated carbocycles. The van der Waals surface area contributed by atoms with E-state index in [2.05, 4.69) is 29.4 Å². The maximum atomic E-state index is 12.7. The smallest absolute Gasteiger partial charge is 0.341 e. The number of esters is 1. The number of amides is 1. The molecule has 0 radical (unpaired) electrons. The van der Waals surface area contributed by atoms with Crippen molar-refractivity contribution in [3.8, 4) is 5.69 Å². The standard InChI is InChI=1S/C20H22N4O3S/c1-4-27-20(26)17-14(10-13(2)3)12-28-19(17)22-18(25)16-11-21-24(23-16)15-8-6-5-7-9-15/h5-9,11-13H,4,10H2,1-3H3,(H,22,25). The van der Waals surface area contributed by atoms with Gasteiger partial charge < -0.3 is 10.1 Å². The van der Waals surface area contributed by atoms with Crippen molar-refractivity contribution in [3.05, 3.63) is 58.7 Å². The molecule has 1 amide bonds. The Morgan fingerprint density at radius 1 is 1.25 bits per heavy atom. The van der Waals surface area contributed by atoms with Crippen molar-refractivity contribution < 1.29 is 14.3 Å². The van der Waals surface area contributed by atoms with Crippen LogP contribution < -0.4 is 5.32 Å². The van der Waals surface area contributed by atoms with Crippen LogP contribution in [-0.4, -0.2) is 33.5 Å². The van der Waals surface area contributed by atoms with Crippen LogP contribution in [0.15, 0.2) is 41.9 Å². The van der Waals surface area contributed by atoms with E-state index in [-0.39, 0.29) is 12.3 Å². The highest BCUT2D eigenvalue weighted by Crippen LogP contribution is 2.31. The molecular weight excluding hydrogens is 376 g/mol. The second-order valence-corrected chi connectivity index (χ2v) is 7.47. The summed E-state index contributed by atoms with van der Waals surface area (Å²) in [6.45, 7) is 6.18. The fourth-order valence-corrected chi connectivity index (χ4v) is 3.68. The molecule has 0 aliphatic rings. The van der Waals surface area contributed by atoms with Gasteiger partial charge in [0.1, 0.15) is 5.00 Å². The molecule has 3 rings (SSSR count). The fourth-order valence-electron chi connectivity index (χ4n) is 2.72. The lowest BCUT2D eigenvalue weighted by Gasteiger charge is -2.09. The van der Waals surface area contributed by atoms with E-state index in [4.69, 9.17) is 4.74 Å². The Labute approximate surface area is 167 Å². The Bertz CT molecular complexity index is 963. The normalized spacial score (nSPS) is 10.9. The van der Waals surface area contributed by atoms with E-state index in [1.807, 2.05) is 35.7 Å². The number of carbonyl (C=O) groups excluding carboxylic acids is 2. The minimum absolute atomic E-state index is 0.164. The average molecular weight is 398 g/mol. The van der Waals surface area contributed by atoms with Gasteiger partial charge in [-0.3, -0.25) is 4.79 Å². The summed E-state index contributed by atoms with van der Waals surface area (Å²) in [7, 11) is 0. The summed E-state index contributed by atoms with van der Waals surface area (Å²) in [4.78, 5) is 26.5. The highest BCUT2D eigenvalue weighted by molar-refractivity contribution is 7.15. The molecule has 8 heteroatoms. The molecule has 0 spiro atoms. The molecule has 28 heavy (non-hydrogen) atoms. The molecule has 1 aromatic carbocycles. The summed E-state index contributed by atoms with van der Waals surface area (Å²) in [6.07, 6.45) is 2.12. The molecule has 2 heterocycles. The SMILES string of the molecule is CCOC(=O)c1c(CC(C)C)csc1NC(=O)c1cnn(-c2ccccc2)n1. The van der Waals surface area contributed by atoms with Crippen molar-refractivity contribution in [2.75, 3.05) is 11.9 Å². The Morgan fingerprint density at radius 3 is 2.68 bits per heavy atom. The first-order valence-corrected chi connectivity index (χ1v) is 9.94. The Balaban J connectivity index is 1.83. The van der Waals surface area contributed by atoms with E-state index in [9.17, 15) is 9.59 Å². The zero-order chi connectivity index (χ0) is 20.1.